The van der Waals surface area contributed by atoms with Crippen molar-refractivity contribution in [2.45, 2.75) is 50.5 Å². The van der Waals surface area contributed by atoms with Crippen LogP contribution in [0.3, 0.4) is 0 Å². The summed E-state index contributed by atoms with van der Waals surface area (Å²) < 4.78 is 18.3. The van der Waals surface area contributed by atoms with Crippen LogP contribution in [0.15, 0.2) is 53.1 Å². The van der Waals surface area contributed by atoms with Crippen LogP contribution in [0.4, 0.5) is 0 Å². The molecule has 7 rings (SSSR count). The van der Waals surface area contributed by atoms with Gasteiger partial charge in [-0.05, 0) is 73.9 Å². The van der Waals surface area contributed by atoms with Gasteiger partial charge < -0.3 is 19.1 Å². The van der Waals surface area contributed by atoms with E-state index in [1.165, 1.54) is 0 Å². The monoisotopic (exact) mass is 562 g/mol. The first-order valence-corrected chi connectivity index (χ1v) is 13.8. The number of benzene rings is 2. The van der Waals surface area contributed by atoms with Crippen molar-refractivity contribution in [2.24, 2.45) is 5.92 Å². The Hall–Kier alpha value is -3.55. The number of pyridine rings is 1. The Labute approximate surface area is 234 Å². The van der Waals surface area contributed by atoms with Crippen LogP contribution in [-0.4, -0.2) is 21.2 Å². The van der Waals surface area contributed by atoms with Crippen molar-refractivity contribution in [1.82, 2.24) is 10.1 Å². The largest absolute Gasteiger partial charge is 0.478 e. The molecule has 0 saturated heterocycles. The van der Waals surface area contributed by atoms with E-state index in [1.54, 1.807) is 36.4 Å². The van der Waals surface area contributed by atoms with Crippen molar-refractivity contribution in [3.8, 4) is 28.6 Å². The van der Waals surface area contributed by atoms with Crippen LogP contribution < -0.4 is 9.47 Å². The highest BCUT2D eigenvalue weighted by molar-refractivity contribution is 6.39. The highest BCUT2D eigenvalue weighted by Crippen LogP contribution is 2.50. The second-order valence-corrected chi connectivity index (χ2v) is 11.3. The molecule has 1 atom stereocenters. The van der Waals surface area contributed by atoms with E-state index in [0.717, 1.165) is 54.7 Å². The van der Waals surface area contributed by atoms with Gasteiger partial charge in [0.25, 0.3) is 0 Å². The first-order valence-electron chi connectivity index (χ1n) is 13.1. The SMILES string of the molecule is O=C(O)c1ccc2c(c1)Oc1ccc(OCc3c(-c4c(Cl)cccc4Cl)noc3C3CC3)nc1[C@H](C1CC1)C2. The van der Waals surface area contributed by atoms with Gasteiger partial charge in [0.05, 0.1) is 26.9 Å². The predicted octanol–water partition coefficient (Wildman–Crippen LogP) is 8.04. The topological polar surface area (TPSA) is 94.7 Å². The molecule has 39 heavy (non-hydrogen) atoms. The number of aromatic nitrogens is 2. The van der Waals surface area contributed by atoms with Crippen molar-refractivity contribution < 1.29 is 23.9 Å². The van der Waals surface area contributed by atoms with Crippen molar-refractivity contribution in [3.63, 3.8) is 0 Å². The molecule has 2 aromatic heterocycles. The second kappa shape index (κ2) is 9.57. The third-order valence-corrected chi connectivity index (χ3v) is 8.34. The van der Waals surface area contributed by atoms with Crippen LogP contribution in [-0.2, 0) is 13.0 Å². The number of carbonyl (C=O) groups is 1. The average molecular weight is 563 g/mol. The molecule has 0 amide bonds. The summed E-state index contributed by atoms with van der Waals surface area (Å²) in [7, 11) is 0. The maximum absolute atomic E-state index is 11.5. The number of halogens is 2. The predicted molar refractivity (Wildman–Crippen MR) is 145 cm³/mol. The molecule has 0 unspecified atom stereocenters. The van der Waals surface area contributed by atoms with E-state index in [4.69, 9.17) is 42.2 Å². The summed E-state index contributed by atoms with van der Waals surface area (Å²) in [5.74, 6) is 2.47. The maximum atomic E-state index is 11.5. The summed E-state index contributed by atoms with van der Waals surface area (Å²) in [5, 5.41) is 14.8. The molecule has 1 aliphatic heterocycles. The quantitative estimate of drug-likeness (QED) is 0.243. The summed E-state index contributed by atoms with van der Waals surface area (Å²) in [6.07, 6.45) is 5.08. The summed E-state index contributed by atoms with van der Waals surface area (Å²) >= 11 is 13.0. The van der Waals surface area contributed by atoms with E-state index >= 15 is 0 Å². The molecule has 198 valence electrons. The van der Waals surface area contributed by atoms with Gasteiger partial charge in [-0.1, -0.05) is 40.5 Å². The molecule has 2 fully saturated rings. The molecule has 2 aromatic carbocycles. The van der Waals surface area contributed by atoms with Crippen LogP contribution in [0.2, 0.25) is 10.0 Å². The number of rotatable bonds is 7. The van der Waals surface area contributed by atoms with E-state index in [0.29, 0.717) is 50.5 Å². The van der Waals surface area contributed by atoms with E-state index in [9.17, 15) is 9.90 Å². The van der Waals surface area contributed by atoms with Gasteiger partial charge >= 0.3 is 5.97 Å². The van der Waals surface area contributed by atoms with Crippen molar-refractivity contribution in [3.05, 3.63) is 86.7 Å². The summed E-state index contributed by atoms with van der Waals surface area (Å²) in [4.78, 5) is 16.4. The Balaban J connectivity index is 1.21. The zero-order valence-corrected chi connectivity index (χ0v) is 22.3. The minimum atomic E-state index is -0.983. The van der Waals surface area contributed by atoms with Gasteiger partial charge in [-0.2, -0.15) is 0 Å². The summed E-state index contributed by atoms with van der Waals surface area (Å²) in [6, 6.07) is 14.1. The van der Waals surface area contributed by atoms with Crippen molar-refractivity contribution in [1.29, 1.82) is 0 Å². The van der Waals surface area contributed by atoms with Crippen LogP contribution in [0.25, 0.3) is 11.3 Å². The zero-order chi connectivity index (χ0) is 26.7. The van der Waals surface area contributed by atoms with Gasteiger partial charge in [-0.3, -0.25) is 0 Å². The average Bonchev–Trinajstić information content (AvgIpc) is 3.84. The Morgan fingerprint density at radius 2 is 1.82 bits per heavy atom. The lowest BCUT2D eigenvalue weighted by Gasteiger charge is -2.16. The van der Waals surface area contributed by atoms with Gasteiger partial charge in [-0.15, -0.1) is 0 Å². The third-order valence-electron chi connectivity index (χ3n) is 7.71. The molecule has 3 aliphatic rings. The van der Waals surface area contributed by atoms with E-state index < -0.39 is 5.97 Å². The van der Waals surface area contributed by atoms with E-state index in [2.05, 4.69) is 5.16 Å². The number of hydrogen-bond acceptors (Lipinski definition) is 6. The van der Waals surface area contributed by atoms with Gasteiger partial charge in [0, 0.05) is 23.5 Å². The Morgan fingerprint density at radius 3 is 2.54 bits per heavy atom. The Kier molecular flexibility index (Phi) is 6.01. The fourth-order valence-corrected chi connectivity index (χ4v) is 5.94. The number of nitrogens with zero attached hydrogens (tertiary/aromatic N) is 2. The highest BCUT2D eigenvalue weighted by atomic mass is 35.5. The van der Waals surface area contributed by atoms with Crippen LogP contribution in [0, 0.1) is 5.92 Å². The fraction of sp³-hybridized carbons (Fsp3) is 0.300. The molecule has 0 radical (unpaired) electrons. The maximum Gasteiger partial charge on any atom is 0.335 e. The van der Waals surface area contributed by atoms with Crippen LogP contribution in [0.5, 0.6) is 17.4 Å². The molecular formula is C30H24Cl2N2O5. The number of carboxylic acids is 1. The minimum absolute atomic E-state index is 0.163. The molecule has 4 aromatic rings. The van der Waals surface area contributed by atoms with Gasteiger partial charge in [-0.25, -0.2) is 9.78 Å². The Bertz CT molecular complexity index is 1590. The molecule has 7 nitrogen and oxygen atoms in total. The standard InChI is InChI=1S/C30H24Cl2N2O5/c31-21-2-1-3-22(32)26(21)28-20(29(39-34-28)16-6-7-16)14-37-25-11-10-23-27(33-25)19(15-4-5-15)12-17-8-9-18(30(35)36)13-24(17)38-23/h1-3,8-11,13,15-16,19H,4-7,12,14H2,(H,35,36)/t19-/m0/s1. The highest BCUT2D eigenvalue weighted by Gasteiger charge is 2.38. The normalized spacial score (nSPS) is 18.1. The van der Waals surface area contributed by atoms with E-state index in [-0.39, 0.29) is 18.1 Å². The molecular weight excluding hydrogens is 539 g/mol. The smallest absolute Gasteiger partial charge is 0.335 e. The van der Waals surface area contributed by atoms with E-state index in [1.807, 2.05) is 12.1 Å². The molecule has 0 spiro atoms. The first kappa shape index (κ1) is 24.5. The lowest BCUT2D eigenvalue weighted by molar-refractivity contribution is 0.0696. The van der Waals surface area contributed by atoms with Crippen LogP contribution >= 0.6 is 23.2 Å². The van der Waals surface area contributed by atoms with Gasteiger partial charge in [0.2, 0.25) is 5.88 Å². The first-order chi connectivity index (χ1) is 19.0. The third kappa shape index (κ3) is 4.64. The number of carboxylic acid groups (broad SMARTS) is 1. The van der Waals surface area contributed by atoms with Crippen LogP contribution in [0.1, 0.15) is 70.5 Å². The number of hydrogen-bond donors (Lipinski definition) is 1. The molecule has 0 bridgehead atoms. The summed E-state index contributed by atoms with van der Waals surface area (Å²) in [5.41, 5.74) is 4.06. The fourth-order valence-electron chi connectivity index (χ4n) is 5.36. The number of fused-ring (bicyclic) bond motifs is 2. The Morgan fingerprint density at radius 1 is 1.03 bits per heavy atom. The molecule has 2 saturated carbocycles. The van der Waals surface area contributed by atoms with Crippen molar-refractivity contribution in [2.75, 3.05) is 0 Å². The molecule has 9 heteroatoms. The van der Waals surface area contributed by atoms with Crippen molar-refractivity contribution >= 4 is 29.2 Å². The lowest BCUT2D eigenvalue weighted by atomic mass is 9.91. The zero-order valence-electron chi connectivity index (χ0n) is 20.8. The number of aromatic carboxylic acids is 1. The molecule has 2 aliphatic carbocycles. The molecule has 1 N–H and O–H groups in total. The number of ether oxygens (including phenoxy) is 2. The summed E-state index contributed by atoms with van der Waals surface area (Å²) in [6.45, 7) is 0.204. The molecule has 3 heterocycles. The lowest BCUT2D eigenvalue weighted by Crippen LogP contribution is -2.08. The van der Waals surface area contributed by atoms with Gasteiger partial charge in [0.1, 0.15) is 29.6 Å². The van der Waals surface area contributed by atoms with Gasteiger partial charge in [0.15, 0.2) is 0 Å². The second-order valence-electron chi connectivity index (χ2n) is 10.4. The minimum Gasteiger partial charge on any atom is -0.478 e.